The van der Waals surface area contributed by atoms with Crippen LogP contribution in [-0.4, -0.2) is 15.0 Å². The molecule has 0 radical (unpaired) electrons. The second kappa shape index (κ2) is 13.7. The van der Waals surface area contributed by atoms with Gasteiger partial charge in [-0.3, -0.25) is 0 Å². The molecule has 0 aliphatic heterocycles. The summed E-state index contributed by atoms with van der Waals surface area (Å²) in [6, 6.07) is 65.5. The smallest absolute Gasteiger partial charge is 0.164 e. The molecule has 1 aliphatic carbocycles. The van der Waals surface area contributed by atoms with Crippen LogP contribution in [0.1, 0.15) is 25.0 Å². The van der Waals surface area contributed by atoms with Crippen molar-refractivity contribution in [1.29, 1.82) is 0 Å². The third-order valence-electron chi connectivity index (χ3n) is 13.8. The van der Waals surface area contributed by atoms with E-state index >= 15 is 0 Å². The Morgan fingerprint density at radius 2 is 0.833 bits per heavy atom. The summed E-state index contributed by atoms with van der Waals surface area (Å²) in [5.74, 6) is 1.60. The van der Waals surface area contributed by atoms with Crippen molar-refractivity contribution >= 4 is 65.8 Å². The fourth-order valence-electron chi connectivity index (χ4n) is 10.6. The van der Waals surface area contributed by atoms with E-state index in [1.165, 1.54) is 33.4 Å². The highest BCUT2D eigenvalue weighted by Gasteiger charge is 2.36. The highest BCUT2D eigenvalue weighted by atomic mass is 16.3. The van der Waals surface area contributed by atoms with E-state index in [2.05, 4.69) is 135 Å². The Labute approximate surface area is 378 Å². The predicted octanol–water partition coefficient (Wildman–Crippen LogP) is 16.2. The molecule has 6 nitrogen and oxygen atoms in total. The SMILES string of the molecule is CC1(C)c2ccccc2-c2c(-c3cccc(-c4ccc5oc6cccc(-c7nc(-c8ccc9c(c8)oc8ccccc89)nc(-c8cccc9oc%10ccccc%10c89)n7)c6c5c4)c3)cccc21. The lowest BCUT2D eigenvalue weighted by atomic mass is 9.82. The van der Waals surface area contributed by atoms with Crippen LogP contribution in [0.15, 0.2) is 201 Å². The van der Waals surface area contributed by atoms with Crippen molar-refractivity contribution in [3.63, 3.8) is 0 Å². The van der Waals surface area contributed by atoms with Gasteiger partial charge in [-0.1, -0.05) is 147 Å². The summed E-state index contributed by atoms with van der Waals surface area (Å²) < 4.78 is 19.3. The summed E-state index contributed by atoms with van der Waals surface area (Å²) in [5.41, 5.74) is 17.2. The Balaban J connectivity index is 0.952. The van der Waals surface area contributed by atoms with Crippen LogP contribution in [0.5, 0.6) is 0 Å². The maximum Gasteiger partial charge on any atom is 0.164 e. The van der Waals surface area contributed by atoms with Crippen LogP contribution in [0.3, 0.4) is 0 Å². The molecule has 0 bridgehead atoms. The number of hydrogen-bond acceptors (Lipinski definition) is 6. The number of nitrogens with zero attached hydrogens (tertiary/aromatic N) is 3. The quantitative estimate of drug-likeness (QED) is 0.172. The standard InChI is InChI=1S/C60H37N3O3/c1-60(2)46-21-6-3-16-41(46)54-38(18-10-22-47(54)60)36-14-9-13-34(31-36)35-28-30-50-45(32-35)56-44(20-12-26-52(56)65-50)59-62-57(37-27-29-40-39-15-4-7-23-48(39)66-53(40)33-37)61-58(63-59)43-19-11-25-51-55(43)42-17-5-8-24-49(42)64-51/h3-33H,1-2H3. The van der Waals surface area contributed by atoms with E-state index in [4.69, 9.17) is 28.2 Å². The Morgan fingerprint density at radius 3 is 1.64 bits per heavy atom. The molecule has 0 saturated carbocycles. The van der Waals surface area contributed by atoms with Crippen molar-refractivity contribution in [3.05, 3.63) is 199 Å². The number of fused-ring (bicyclic) bond motifs is 12. The van der Waals surface area contributed by atoms with Gasteiger partial charge >= 0.3 is 0 Å². The van der Waals surface area contributed by atoms with Crippen LogP contribution < -0.4 is 0 Å². The number of benzene rings is 9. The van der Waals surface area contributed by atoms with Crippen LogP contribution in [-0.2, 0) is 5.41 Å². The molecule has 13 aromatic rings. The second-order valence-electron chi connectivity index (χ2n) is 17.9. The van der Waals surface area contributed by atoms with Gasteiger partial charge in [0.15, 0.2) is 17.5 Å². The predicted molar refractivity (Wildman–Crippen MR) is 266 cm³/mol. The minimum absolute atomic E-state index is 0.0756. The number of hydrogen-bond donors (Lipinski definition) is 0. The van der Waals surface area contributed by atoms with Gasteiger partial charge in [0, 0.05) is 54.4 Å². The molecule has 6 heteroatoms. The Kier molecular flexibility index (Phi) is 7.64. The topological polar surface area (TPSA) is 78.1 Å². The van der Waals surface area contributed by atoms with Crippen LogP contribution in [0, 0.1) is 0 Å². The highest BCUT2D eigenvalue weighted by Crippen LogP contribution is 2.52. The average molecular weight is 848 g/mol. The minimum atomic E-state index is -0.0756. The molecule has 0 spiro atoms. The molecule has 0 fully saturated rings. The molecule has 4 aromatic heterocycles. The summed E-state index contributed by atoms with van der Waals surface area (Å²) in [6.45, 7) is 4.66. The molecule has 66 heavy (non-hydrogen) atoms. The Bertz CT molecular complexity index is 4170. The summed E-state index contributed by atoms with van der Waals surface area (Å²) in [7, 11) is 0. The number of para-hydroxylation sites is 2. The van der Waals surface area contributed by atoms with E-state index in [9.17, 15) is 0 Å². The van der Waals surface area contributed by atoms with Gasteiger partial charge in [0.25, 0.3) is 0 Å². The maximum atomic E-state index is 6.61. The molecule has 0 N–H and O–H groups in total. The van der Waals surface area contributed by atoms with Crippen molar-refractivity contribution in [2.75, 3.05) is 0 Å². The van der Waals surface area contributed by atoms with Gasteiger partial charge < -0.3 is 13.3 Å². The molecule has 9 aromatic carbocycles. The van der Waals surface area contributed by atoms with Crippen molar-refractivity contribution < 1.29 is 13.3 Å². The zero-order valence-corrected chi connectivity index (χ0v) is 36.0. The van der Waals surface area contributed by atoms with Crippen LogP contribution in [0.2, 0.25) is 0 Å². The molecule has 0 unspecified atom stereocenters. The third-order valence-corrected chi connectivity index (χ3v) is 13.8. The summed E-state index contributed by atoms with van der Waals surface area (Å²) in [5, 5.41) is 5.98. The minimum Gasteiger partial charge on any atom is -0.456 e. The molecule has 4 heterocycles. The van der Waals surface area contributed by atoms with Gasteiger partial charge in [-0.15, -0.1) is 0 Å². The maximum absolute atomic E-state index is 6.61. The van der Waals surface area contributed by atoms with Gasteiger partial charge in [0.2, 0.25) is 0 Å². The first kappa shape index (κ1) is 36.8. The zero-order valence-electron chi connectivity index (χ0n) is 36.0. The van der Waals surface area contributed by atoms with E-state index in [1.807, 2.05) is 66.7 Å². The zero-order chi connectivity index (χ0) is 43.7. The lowest BCUT2D eigenvalue weighted by Crippen LogP contribution is -2.14. The molecule has 0 saturated heterocycles. The van der Waals surface area contributed by atoms with Gasteiger partial charge in [-0.2, -0.15) is 0 Å². The number of furan rings is 3. The van der Waals surface area contributed by atoms with Crippen molar-refractivity contribution in [3.8, 4) is 67.5 Å². The monoisotopic (exact) mass is 847 g/mol. The second-order valence-corrected chi connectivity index (χ2v) is 17.9. The largest absolute Gasteiger partial charge is 0.456 e. The van der Waals surface area contributed by atoms with Crippen LogP contribution in [0.25, 0.3) is 133 Å². The molecule has 14 rings (SSSR count). The lowest BCUT2D eigenvalue weighted by Gasteiger charge is -2.21. The van der Waals surface area contributed by atoms with Crippen molar-refractivity contribution in [2.45, 2.75) is 19.3 Å². The van der Waals surface area contributed by atoms with E-state index in [1.54, 1.807) is 0 Å². The first-order valence-electron chi connectivity index (χ1n) is 22.3. The van der Waals surface area contributed by atoms with E-state index in [-0.39, 0.29) is 5.41 Å². The third kappa shape index (κ3) is 5.39. The molecule has 1 aliphatic rings. The Hall–Kier alpha value is -8.61. The van der Waals surface area contributed by atoms with Crippen molar-refractivity contribution in [1.82, 2.24) is 15.0 Å². The molecule has 0 amide bonds. The highest BCUT2D eigenvalue weighted by molar-refractivity contribution is 6.14. The van der Waals surface area contributed by atoms with Gasteiger partial charge in [-0.25, -0.2) is 15.0 Å². The van der Waals surface area contributed by atoms with Crippen LogP contribution in [0.4, 0.5) is 0 Å². The molecule has 0 atom stereocenters. The fraction of sp³-hybridized carbons (Fsp3) is 0.0500. The summed E-state index contributed by atoms with van der Waals surface area (Å²) in [6.07, 6.45) is 0. The van der Waals surface area contributed by atoms with Crippen molar-refractivity contribution in [2.24, 2.45) is 0 Å². The molecular formula is C60H37N3O3. The number of rotatable bonds is 5. The van der Waals surface area contributed by atoms with Crippen LogP contribution >= 0.6 is 0 Å². The summed E-state index contributed by atoms with van der Waals surface area (Å²) in [4.78, 5) is 15.8. The fourth-order valence-corrected chi connectivity index (χ4v) is 10.6. The number of aromatic nitrogens is 3. The van der Waals surface area contributed by atoms with Gasteiger partial charge in [-0.05, 0) is 99.1 Å². The van der Waals surface area contributed by atoms with Gasteiger partial charge in [0.1, 0.15) is 33.5 Å². The average Bonchev–Trinajstić information content (AvgIpc) is 4.11. The molecular weight excluding hydrogens is 811 g/mol. The summed E-state index contributed by atoms with van der Waals surface area (Å²) >= 11 is 0. The van der Waals surface area contributed by atoms with Gasteiger partial charge in [0.05, 0.1) is 0 Å². The first-order chi connectivity index (χ1) is 32.4. The first-order valence-corrected chi connectivity index (χ1v) is 22.3. The normalized spacial score (nSPS) is 13.1. The van der Waals surface area contributed by atoms with E-state index in [0.717, 1.165) is 93.6 Å². The Morgan fingerprint density at radius 1 is 0.318 bits per heavy atom. The lowest BCUT2D eigenvalue weighted by molar-refractivity contribution is 0.660. The van der Waals surface area contributed by atoms with E-state index in [0.29, 0.717) is 17.5 Å². The van der Waals surface area contributed by atoms with E-state index < -0.39 is 0 Å². The molecule has 310 valence electrons.